The van der Waals surface area contributed by atoms with Crippen LogP contribution < -0.4 is 9.80 Å². The molecule has 2 aromatic heterocycles. The van der Waals surface area contributed by atoms with Gasteiger partial charge < -0.3 is 9.80 Å². The lowest BCUT2D eigenvalue weighted by Gasteiger charge is -2.56. The molecule has 4 heteroatoms. The van der Waals surface area contributed by atoms with Crippen LogP contribution in [0.25, 0.3) is 46.0 Å². The Bertz CT molecular complexity index is 3310. The highest BCUT2D eigenvalue weighted by Gasteiger charge is 2.53. The van der Waals surface area contributed by atoms with Gasteiger partial charge in [-0.1, -0.05) is 128 Å². The number of thiophene rings is 2. The Morgan fingerprint density at radius 2 is 0.967 bits per heavy atom. The molecule has 0 N–H and O–H groups in total. The minimum atomic E-state index is -0.385. The number of fused-ring (bicyclic) bond motifs is 11. The van der Waals surface area contributed by atoms with Crippen molar-refractivity contribution in [1.29, 1.82) is 0 Å². The van der Waals surface area contributed by atoms with E-state index in [1.54, 1.807) is 0 Å². The van der Waals surface area contributed by atoms with Gasteiger partial charge in [-0.3, -0.25) is 0 Å². The van der Waals surface area contributed by atoms with Crippen LogP contribution >= 0.6 is 22.7 Å². The molecule has 0 radical (unpaired) electrons. The van der Waals surface area contributed by atoms with E-state index in [2.05, 4.69) is 224 Å². The molecule has 0 aliphatic heterocycles. The topological polar surface area (TPSA) is 6.48 Å². The summed E-state index contributed by atoms with van der Waals surface area (Å²) in [7, 11) is 0. The highest BCUT2D eigenvalue weighted by molar-refractivity contribution is 7.26. The van der Waals surface area contributed by atoms with Crippen LogP contribution in [0.2, 0.25) is 0 Å². The van der Waals surface area contributed by atoms with Crippen LogP contribution in [0.3, 0.4) is 0 Å². The Balaban J connectivity index is 1.08. The standard InChI is InChI=1S/C56H42N2S2/c1-55-36-50(57(37-17-5-3-6-18-37)39-29-31-53-45(33-39)43-23-11-15-27-51(43)59-53)42-22-10-9-21-41(42)49(55)35-56(2,48-26-14-13-25-47(48)55)58(38-19-7-4-8-20-38)40-30-32-54-46(34-40)44-24-12-16-28-52(44)60-54/h3-34,36,49H,35H2,1-2H3. The first kappa shape index (κ1) is 35.5. The summed E-state index contributed by atoms with van der Waals surface area (Å²) in [6.45, 7) is 4.99. The Morgan fingerprint density at radius 1 is 0.450 bits per heavy atom. The molecule has 3 atom stereocenters. The van der Waals surface area contributed by atoms with Crippen molar-refractivity contribution in [2.24, 2.45) is 0 Å². The number of benzene rings is 8. The molecular weight excluding hydrogens is 765 g/mol. The SMILES string of the molecule is CC12C=C(N(c3ccccc3)c3ccc4sc5ccccc5c4c3)c3ccccc3C1CC(C)(N(c1ccccc1)c1ccc3sc4ccccc4c3c1)c1ccccc12. The Morgan fingerprint density at radius 3 is 1.65 bits per heavy atom. The van der Waals surface area contributed by atoms with Crippen LogP contribution in [0.4, 0.5) is 22.7 Å². The summed E-state index contributed by atoms with van der Waals surface area (Å²) in [5.74, 6) is 0.204. The second-order valence-electron chi connectivity index (χ2n) is 16.9. The third kappa shape index (κ3) is 5.30. The molecule has 288 valence electrons. The monoisotopic (exact) mass is 806 g/mol. The number of nitrogens with zero attached hydrogens (tertiary/aromatic N) is 2. The molecule has 12 rings (SSSR count). The van der Waals surface area contributed by atoms with Gasteiger partial charge in [-0.25, -0.2) is 0 Å². The van der Waals surface area contributed by atoms with Crippen molar-refractivity contribution in [3.63, 3.8) is 0 Å². The number of hydrogen-bond acceptors (Lipinski definition) is 4. The molecule has 0 amide bonds. The van der Waals surface area contributed by atoms with Crippen molar-refractivity contribution in [2.75, 3.05) is 9.80 Å². The molecule has 2 nitrogen and oxygen atoms in total. The molecule has 3 unspecified atom stereocenters. The fourth-order valence-corrected chi connectivity index (χ4v) is 12.9. The second-order valence-corrected chi connectivity index (χ2v) is 19.0. The molecule has 60 heavy (non-hydrogen) atoms. The fourth-order valence-electron chi connectivity index (χ4n) is 10.7. The quantitative estimate of drug-likeness (QED) is 0.165. The maximum Gasteiger partial charge on any atom is 0.0683 e. The maximum atomic E-state index is 2.65. The van der Waals surface area contributed by atoms with E-state index in [9.17, 15) is 0 Å². The van der Waals surface area contributed by atoms with Crippen LogP contribution in [0.5, 0.6) is 0 Å². The zero-order chi connectivity index (χ0) is 40.0. The van der Waals surface area contributed by atoms with Crippen molar-refractivity contribution >= 4 is 91.5 Å². The summed E-state index contributed by atoms with van der Waals surface area (Å²) in [6, 6.07) is 72.4. The number of rotatable bonds is 6. The van der Waals surface area contributed by atoms with Gasteiger partial charge >= 0.3 is 0 Å². The minimum Gasteiger partial charge on any atom is -0.331 e. The summed E-state index contributed by atoms with van der Waals surface area (Å²) < 4.78 is 5.29. The van der Waals surface area contributed by atoms with E-state index in [1.165, 1.54) is 85.4 Å². The Hall–Kier alpha value is -6.46. The smallest absolute Gasteiger partial charge is 0.0683 e. The van der Waals surface area contributed by atoms with Crippen molar-refractivity contribution in [2.45, 2.75) is 37.1 Å². The summed E-state index contributed by atoms with van der Waals surface area (Å²) >= 11 is 3.75. The van der Waals surface area contributed by atoms with E-state index in [0.717, 1.165) is 12.1 Å². The number of hydrogen-bond donors (Lipinski definition) is 0. The van der Waals surface area contributed by atoms with Crippen molar-refractivity contribution in [1.82, 2.24) is 0 Å². The first-order valence-corrected chi connectivity index (χ1v) is 22.6. The molecule has 0 saturated carbocycles. The second kappa shape index (κ2) is 13.5. The van der Waals surface area contributed by atoms with Gasteiger partial charge in [-0.05, 0) is 109 Å². The first-order valence-electron chi connectivity index (χ1n) is 20.9. The van der Waals surface area contributed by atoms with Crippen molar-refractivity contribution in [3.8, 4) is 0 Å². The van der Waals surface area contributed by atoms with E-state index in [4.69, 9.17) is 0 Å². The Labute approximate surface area is 358 Å². The zero-order valence-corrected chi connectivity index (χ0v) is 35.2. The summed E-state index contributed by atoms with van der Waals surface area (Å²) in [6.07, 6.45) is 3.55. The van der Waals surface area contributed by atoms with E-state index in [1.807, 2.05) is 22.7 Å². The highest BCUT2D eigenvalue weighted by Crippen LogP contribution is 2.61. The fraction of sp³-hybridized carbons (Fsp3) is 0.107. The Kier molecular flexibility index (Phi) is 8.00. The average Bonchev–Trinajstić information content (AvgIpc) is 3.86. The van der Waals surface area contributed by atoms with Crippen molar-refractivity contribution in [3.05, 3.63) is 222 Å². The van der Waals surface area contributed by atoms with Gasteiger partial charge in [0.05, 0.1) is 11.2 Å². The molecule has 2 aliphatic carbocycles. The van der Waals surface area contributed by atoms with Gasteiger partial charge in [0.25, 0.3) is 0 Å². The largest absolute Gasteiger partial charge is 0.331 e. The molecule has 8 aromatic carbocycles. The van der Waals surface area contributed by atoms with E-state index >= 15 is 0 Å². The van der Waals surface area contributed by atoms with Crippen LogP contribution in [0.15, 0.2) is 200 Å². The van der Waals surface area contributed by atoms with Crippen LogP contribution in [0.1, 0.15) is 48.4 Å². The molecule has 0 bridgehead atoms. The molecule has 2 aliphatic rings. The van der Waals surface area contributed by atoms with E-state index in [0.29, 0.717) is 0 Å². The molecule has 0 spiro atoms. The van der Waals surface area contributed by atoms with Crippen LogP contribution in [0, 0.1) is 0 Å². The molecule has 0 saturated heterocycles. The van der Waals surface area contributed by atoms with Crippen molar-refractivity contribution < 1.29 is 0 Å². The lowest BCUT2D eigenvalue weighted by atomic mass is 9.54. The predicted molar refractivity (Wildman–Crippen MR) is 259 cm³/mol. The lowest BCUT2D eigenvalue weighted by Crippen LogP contribution is -2.51. The van der Waals surface area contributed by atoms with Gasteiger partial charge in [0.1, 0.15) is 0 Å². The first-order chi connectivity index (χ1) is 29.5. The summed E-state index contributed by atoms with van der Waals surface area (Å²) in [5, 5.41) is 5.25. The van der Waals surface area contributed by atoms with E-state index < -0.39 is 0 Å². The van der Waals surface area contributed by atoms with Gasteiger partial charge in [0, 0.05) is 80.0 Å². The molecular formula is C56H42N2S2. The minimum absolute atomic E-state index is 0.204. The van der Waals surface area contributed by atoms with E-state index in [-0.39, 0.29) is 16.9 Å². The molecule has 10 aromatic rings. The number of allylic oxidation sites excluding steroid dienone is 1. The van der Waals surface area contributed by atoms with Crippen LogP contribution in [-0.4, -0.2) is 0 Å². The van der Waals surface area contributed by atoms with Gasteiger partial charge in [-0.2, -0.15) is 0 Å². The summed E-state index contributed by atoms with van der Waals surface area (Å²) in [4.78, 5) is 5.16. The summed E-state index contributed by atoms with van der Waals surface area (Å²) in [5.41, 5.74) is 10.7. The van der Waals surface area contributed by atoms with Gasteiger partial charge in [0.15, 0.2) is 0 Å². The third-order valence-corrected chi connectivity index (χ3v) is 15.8. The third-order valence-electron chi connectivity index (χ3n) is 13.5. The highest BCUT2D eigenvalue weighted by atomic mass is 32.1. The normalized spacial score (nSPS) is 19.5. The maximum absolute atomic E-state index is 2.65. The number of para-hydroxylation sites is 2. The predicted octanol–water partition coefficient (Wildman–Crippen LogP) is 16.1. The average molecular weight is 807 g/mol. The van der Waals surface area contributed by atoms with Gasteiger partial charge in [-0.15, -0.1) is 22.7 Å². The molecule has 0 fully saturated rings. The zero-order valence-electron chi connectivity index (χ0n) is 33.5. The molecule has 2 heterocycles. The van der Waals surface area contributed by atoms with Gasteiger partial charge in [0.2, 0.25) is 0 Å². The lowest BCUT2D eigenvalue weighted by molar-refractivity contribution is 0.290. The number of anilines is 4. The van der Waals surface area contributed by atoms with Crippen LogP contribution in [-0.2, 0) is 11.0 Å².